The molecule has 1 heterocycles. The molecule has 268 valence electrons. The van der Waals surface area contributed by atoms with E-state index in [1.807, 2.05) is 18.2 Å². The zero-order valence-electron chi connectivity index (χ0n) is 31.7. The predicted molar refractivity (Wildman–Crippen MR) is 237 cm³/mol. The third-order valence-corrected chi connectivity index (χ3v) is 11.9. The number of hydrogen-bond donors (Lipinski definition) is 0. The van der Waals surface area contributed by atoms with Gasteiger partial charge in [0, 0.05) is 22.1 Å². The molecule has 0 bridgehead atoms. The van der Waals surface area contributed by atoms with E-state index in [-0.39, 0.29) is 5.41 Å². The summed E-state index contributed by atoms with van der Waals surface area (Å²) in [7, 11) is 0. The minimum atomic E-state index is -0.0488. The average Bonchev–Trinajstić information content (AvgIpc) is 3.51. The van der Waals surface area contributed by atoms with E-state index in [1.54, 1.807) is 0 Å². The molecule has 0 unspecified atom stereocenters. The molecule has 0 atom stereocenters. The Morgan fingerprint density at radius 1 is 0.316 bits per heavy atom. The van der Waals surface area contributed by atoms with Crippen LogP contribution in [-0.2, 0) is 5.41 Å². The van der Waals surface area contributed by atoms with Gasteiger partial charge in [-0.25, -0.2) is 15.0 Å². The van der Waals surface area contributed by atoms with Crippen LogP contribution in [0, 0.1) is 0 Å². The summed E-state index contributed by atoms with van der Waals surface area (Å²) < 4.78 is 0. The fourth-order valence-corrected chi connectivity index (χ4v) is 8.96. The molecule has 0 aliphatic heterocycles. The Balaban J connectivity index is 0.983. The highest BCUT2D eigenvalue weighted by Crippen LogP contribution is 2.49. The summed E-state index contributed by atoms with van der Waals surface area (Å²) in [5.41, 5.74) is 13.0. The zero-order chi connectivity index (χ0) is 38.1. The minimum Gasteiger partial charge on any atom is -0.208 e. The molecule has 3 heteroatoms. The first kappa shape index (κ1) is 33.1. The second-order valence-corrected chi connectivity index (χ2v) is 15.6. The van der Waals surface area contributed by atoms with Crippen molar-refractivity contribution in [3.63, 3.8) is 0 Å². The Hall–Kier alpha value is -7.23. The Bertz CT molecular complexity index is 3180. The van der Waals surface area contributed by atoms with Crippen LogP contribution in [-0.4, -0.2) is 15.0 Å². The van der Waals surface area contributed by atoms with Gasteiger partial charge in [0.2, 0.25) is 0 Å². The number of benzene rings is 9. The summed E-state index contributed by atoms with van der Waals surface area (Å²) in [6.45, 7) is 4.65. The Labute approximate surface area is 332 Å². The van der Waals surface area contributed by atoms with Gasteiger partial charge in [-0.3, -0.25) is 0 Å². The molecule has 11 rings (SSSR count). The first-order chi connectivity index (χ1) is 28.0. The van der Waals surface area contributed by atoms with Crippen molar-refractivity contribution in [2.45, 2.75) is 19.3 Å². The molecule has 0 saturated heterocycles. The maximum Gasteiger partial charge on any atom is 0.164 e. The third kappa shape index (κ3) is 5.46. The Morgan fingerprint density at radius 2 is 0.842 bits per heavy atom. The molecule has 1 aromatic heterocycles. The average molecular weight is 728 g/mol. The monoisotopic (exact) mass is 727 g/mol. The van der Waals surface area contributed by atoms with Crippen molar-refractivity contribution in [3.05, 3.63) is 199 Å². The molecule has 0 fully saturated rings. The summed E-state index contributed by atoms with van der Waals surface area (Å²) in [4.78, 5) is 15.2. The topological polar surface area (TPSA) is 38.7 Å². The van der Waals surface area contributed by atoms with E-state index in [2.05, 4.69) is 184 Å². The van der Waals surface area contributed by atoms with Gasteiger partial charge in [-0.2, -0.15) is 0 Å². The molecule has 1 aliphatic rings. The van der Waals surface area contributed by atoms with Gasteiger partial charge in [0.15, 0.2) is 17.5 Å². The van der Waals surface area contributed by atoms with Crippen molar-refractivity contribution >= 4 is 32.3 Å². The van der Waals surface area contributed by atoms with Gasteiger partial charge < -0.3 is 0 Å². The quantitative estimate of drug-likeness (QED) is 0.131. The minimum absolute atomic E-state index is 0.0488. The summed E-state index contributed by atoms with van der Waals surface area (Å²) in [5, 5.41) is 7.48. The summed E-state index contributed by atoms with van der Waals surface area (Å²) in [6.07, 6.45) is 0. The maximum absolute atomic E-state index is 5.11. The number of rotatable bonds is 5. The lowest BCUT2D eigenvalue weighted by Gasteiger charge is -2.22. The predicted octanol–water partition coefficient (Wildman–Crippen LogP) is 14.0. The summed E-state index contributed by atoms with van der Waals surface area (Å²) in [5.74, 6) is 1.94. The van der Waals surface area contributed by atoms with Crippen LogP contribution < -0.4 is 0 Å². The summed E-state index contributed by atoms with van der Waals surface area (Å²) in [6, 6.07) is 67.4. The van der Waals surface area contributed by atoms with Crippen molar-refractivity contribution in [1.82, 2.24) is 15.0 Å². The summed E-state index contributed by atoms with van der Waals surface area (Å²) >= 11 is 0. The molecular formula is C54H37N3. The second-order valence-electron chi connectivity index (χ2n) is 15.6. The molecule has 3 nitrogen and oxygen atoms in total. The number of hydrogen-bond acceptors (Lipinski definition) is 3. The molecule has 57 heavy (non-hydrogen) atoms. The SMILES string of the molecule is CC1(C)c2ccccc2-c2ccc(-c3ccc(-c4nc(-c5ccccc5)nc(-c5ccc(-c6c7ccccc7cc7c6ccc6ccccc67)cc5)n4)cc3)cc21. The number of fused-ring (bicyclic) bond motifs is 7. The van der Waals surface area contributed by atoms with Crippen molar-refractivity contribution in [2.75, 3.05) is 0 Å². The zero-order valence-corrected chi connectivity index (χ0v) is 31.7. The van der Waals surface area contributed by atoms with Crippen LogP contribution in [0.4, 0.5) is 0 Å². The Morgan fingerprint density at radius 3 is 1.56 bits per heavy atom. The molecule has 10 aromatic rings. The normalized spacial score (nSPS) is 12.9. The van der Waals surface area contributed by atoms with Crippen LogP contribution in [0.25, 0.3) is 99.9 Å². The highest BCUT2D eigenvalue weighted by atomic mass is 15.0. The van der Waals surface area contributed by atoms with Crippen molar-refractivity contribution in [1.29, 1.82) is 0 Å². The molecule has 9 aromatic carbocycles. The van der Waals surface area contributed by atoms with E-state index >= 15 is 0 Å². The van der Waals surface area contributed by atoms with Crippen LogP contribution >= 0.6 is 0 Å². The molecule has 0 N–H and O–H groups in total. The molecule has 1 aliphatic carbocycles. The lowest BCUT2D eigenvalue weighted by Crippen LogP contribution is -2.14. The maximum atomic E-state index is 5.11. The molecule has 0 amide bonds. The molecule has 0 radical (unpaired) electrons. The van der Waals surface area contributed by atoms with Crippen molar-refractivity contribution < 1.29 is 0 Å². The van der Waals surface area contributed by atoms with Gasteiger partial charge in [-0.1, -0.05) is 190 Å². The lowest BCUT2D eigenvalue weighted by atomic mass is 9.81. The van der Waals surface area contributed by atoms with Crippen LogP contribution in [0.3, 0.4) is 0 Å². The molecular weight excluding hydrogens is 691 g/mol. The lowest BCUT2D eigenvalue weighted by molar-refractivity contribution is 0.660. The number of nitrogens with zero attached hydrogens (tertiary/aromatic N) is 3. The van der Waals surface area contributed by atoms with Crippen LogP contribution in [0.5, 0.6) is 0 Å². The van der Waals surface area contributed by atoms with Gasteiger partial charge in [-0.05, 0) is 89.0 Å². The second kappa shape index (κ2) is 12.9. The first-order valence-corrected chi connectivity index (χ1v) is 19.6. The van der Waals surface area contributed by atoms with E-state index in [4.69, 9.17) is 15.0 Å². The van der Waals surface area contributed by atoms with Crippen LogP contribution in [0.15, 0.2) is 188 Å². The fourth-order valence-electron chi connectivity index (χ4n) is 8.96. The fraction of sp³-hybridized carbons (Fsp3) is 0.0556. The van der Waals surface area contributed by atoms with Gasteiger partial charge >= 0.3 is 0 Å². The van der Waals surface area contributed by atoms with E-state index in [9.17, 15) is 0 Å². The smallest absolute Gasteiger partial charge is 0.164 e. The van der Waals surface area contributed by atoms with Crippen LogP contribution in [0.1, 0.15) is 25.0 Å². The van der Waals surface area contributed by atoms with E-state index in [0.717, 1.165) is 27.8 Å². The van der Waals surface area contributed by atoms with Crippen molar-refractivity contribution in [3.8, 4) is 67.5 Å². The molecule has 0 saturated carbocycles. The van der Waals surface area contributed by atoms with Gasteiger partial charge in [0.25, 0.3) is 0 Å². The Kier molecular flexibility index (Phi) is 7.52. The first-order valence-electron chi connectivity index (χ1n) is 19.6. The van der Waals surface area contributed by atoms with Crippen molar-refractivity contribution in [2.24, 2.45) is 0 Å². The van der Waals surface area contributed by atoms with Crippen LogP contribution in [0.2, 0.25) is 0 Å². The largest absolute Gasteiger partial charge is 0.208 e. The standard InChI is InChI=1S/C54H37N3/c1-54(2)48-19-11-10-18-44(48)45-30-29-40(33-49(45)54)34-20-24-38(25-21-34)52-55-51(37-13-4-3-5-14-37)56-53(57-52)39-26-22-36(23-27-39)50-43-17-9-7-15-41(43)32-47-42-16-8-6-12-35(42)28-31-46(47)50/h3-33H,1-2H3. The van der Waals surface area contributed by atoms with E-state index in [0.29, 0.717) is 17.5 Å². The van der Waals surface area contributed by atoms with Gasteiger partial charge in [-0.15, -0.1) is 0 Å². The van der Waals surface area contributed by atoms with E-state index in [1.165, 1.54) is 65.7 Å². The van der Waals surface area contributed by atoms with Gasteiger partial charge in [0.05, 0.1) is 0 Å². The highest BCUT2D eigenvalue weighted by molar-refractivity contribution is 6.20. The number of aromatic nitrogens is 3. The van der Waals surface area contributed by atoms with E-state index < -0.39 is 0 Å². The van der Waals surface area contributed by atoms with Gasteiger partial charge in [0.1, 0.15) is 0 Å². The third-order valence-electron chi connectivity index (χ3n) is 11.9. The highest BCUT2D eigenvalue weighted by Gasteiger charge is 2.35. The molecule has 0 spiro atoms.